The molecule has 3 heterocycles. The van der Waals surface area contributed by atoms with E-state index < -0.39 is 24.3 Å². The average Bonchev–Trinajstić information content (AvgIpc) is 3.44. The van der Waals surface area contributed by atoms with E-state index in [4.69, 9.17) is 21.1 Å². The van der Waals surface area contributed by atoms with Gasteiger partial charge in [0.1, 0.15) is 23.1 Å². The Morgan fingerprint density at radius 1 is 1.32 bits per heavy atom. The Balaban J connectivity index is 1.12. The summed E-state index contributed by atoms with van der Waals surface area (Å²) in [7, 11) is 1.60. The molecule has 0 aromatic carbocycles. The highest BCUT2D eigenvalue weighted by Gasteiger charge is 2.58. The van der Waals surface area contributed by atoms with Gasteiger partial charge in [0.25, 0.3) is 0 Å². The van der Waals surface area contributed by atoms with Crippen molar-refractivity contribution < 1.29 is 18.7 Å². The summed E-state index contributed by atoms with van der Waals surface area (Å²) in [6.07, 6.45) is 3.26. The first kappa shape index (κ1) is 21.6. The highest BCUT2D eigenvalue weighted by Crippen LogP contribution is 2.57. The Morgan fingerprint density at radius 2 is 2.15 bits per heavy atom. The van der Waals surface area contributed by atoms with Crippen LogP contribution in [0, 0.1) is 5.92 Å². The number of hydrogen-bond donors (Lipinski definition) is 3. The number of hydrogen-bond acceptors (Lipinski definition) is 7. The van der Waals surface area contributed by atoms with Crippen LogP contribution < -0.4 is 10.6 Å². The van der Waals surface area contributed by atoms with Gasteiger partial charge in [-0.2, -0.15) is 5.10 Å². The summed E-state index contributed by atoms with van der Waals surface area (Å²) in [4.78, 5) is 21.0. The number of ether oxygens (including phenoxy) is 2. The van der Waals surface area contributed by atoms with Crippen LogP contribution >= 0.6 is 11.6 Å². The molecule has 0 unspecified atom stereocenters. The van der Waals surface area contributed by atoms with Crippen LogP contribution in [0.25, 0.3) is 5.65 Å². The van der Waals surface area contributed by atoms with Crippen molar-refractivity contribution in [2.45, 2.75) is 62.4 Å². The molecule has 4 aliphatic carbocycles. The van der Waals surface area contributed by atoms with Gasteiger partial charge in [0.15, 0.2) is 5.82 Å². The van der Waals surface area contributed by atoms with Crippen LogP contribution in [0.1, 0.15) is 49.4 Å². The van der Waals surface area contributed by atoms with Crippen molar-refractivity contribution in [2.75, 3.05) is 12.4 Å². The van der Waals surface area contributed by atoms with Crippen LogP contribution in [0.3, 0.4) is 0 Å². The Kier molecular flexibility index (Phi) is 5.14. The van der Waals surface area contributed by atoms with Gasteiger partial charge in [-0.1, -0.05) is 11.6 Å². The first-order valence-electron chi connectivity index (χ1n) is 11.4. The lowest BCUT2D eigenvalue weighted by Gasteiger charge is -2.61. The second-order valence-corrected chi connectivity index (χ2v) is 9.97. The van der Waals surface area contributed by atoms with Crippen molar-refractivity contribution in [3.8, 4) is 0 Å². The van der Waals surface area contributed by atoms with E-state index in [1.54, 1.807) is 29.8 Å². The monoisotopic (exact) mass is 489 g/mol. The van der Waals surface area contributed by atoms with Gasteiger partial charge in [0.2, 0.25) is 5.95 Å². The van der Waals surface area contributed by atoms with E-state index in [0.29, 0.717) is 42.6 Å². The van der Waals surface area contributed by atoms with E-state index in [0.717, 1.165) is 30.9 Å². The average molecular weight is 490 g/mol. The molecule has 4 fully saturated rings. The number of alkyl carbamates (subject to hydrolysis) is 1. The summed E-state index contributed by atoms with van der Waals surface area (Å²) in [5.74, 6) is 1.19. The number of alkyl halides is 1. The molecule has 3 atom stereocenters. The molecular formula is C22H25ClFN7O3. The number of anilines is 2. The maximum absolute atomic E-state index is 15.2. The Labute approximate surface area is 199 Å². The van der Waals surface area contributed by atoms with E-state index in [1.165, 1.54) is 0 Å². The van der Waals surface area contributed by atoms with Crippen molar-refractivity contribution in [3.05, 3.63) is 34.9 Å². The van der Waals surface area contributed by atoms with Gasteiger partial charge in [0.05, 0.1) is 12.3 Å². The fraction of sp³-hybridized carbons (Fsp3) is 0.545. The Bertz CT molecular complexity index is 1230. The largest absolute Gasteiger partial charge is 0.443 e. The van der Waals surface area contributed by atoms with Crippen molar-refractivity contribution >= 4 is 35.1 Å². The fourth-order valence-corrected chi connectivity index (χ4v) is 5.59. The molecule has 3 N–H and O–H groups in total. The lowest BCUT2D eigenvalue weighted by Crippen LogP contribution is -2.68. The van der Waals surface area contributed by atoms with Crippen LogP contribution in [0.15, 0.2) is 18.3 Å². The van der Waals surface area contributed by atoms with E-state index >= 15 is 4.39 Å². The molecule has 12 heteroatoms. The number of carbonyl (C=O) groups is 1. The van der Waals surface area contributed by atoms with E-state index in [-0.39, 0.29) is 10.7 Å². The predicted molar refractivity (Wildman–Crippen MR) is 121 cm³/mol. The van der Waals surface area contributed by atoms with Gasteiger partial charge in [0, 0.05) is 42.6 Å². The number of nitrogens with one attached hydrogen (secondary N) is 3. The second kappa shape index (κ2) is 8.09. The minimum Gasteiger partial charge on any atom is -0.443 e. The number of aromatic amines is 1. The zero-order valence-electron chi connectivity index (χ0n) is 18.6. The van der Waals surface area contributed by atoms with Crippen LogP contribution in [0.5, 0.6) is 0 Å². The van der Waals surface area contributed by atoms with Crippen molar-refractivity contribution in [1.29, 1.82) is 0 Å². The van der Waals surface area contributed by atoms with E-state index in [2.05, 4.69) is 30.8 Å². The molecule has 180 valence electrons. The number of nitrogens with zero attached hydrogens (tertiary/aromatic N) is 4. The molecule has 4 aliphatic rings. The molecule has 3 aromatic heterocycles. The lowest BCUT2D eigenvalue weighted by atomic mass is 9.50. The first-order valence-corrected chi connectivity index (χ1v) is 11.8. The van der Waals surface area contributed by atoms with Crippen LogP contribution in [-0.4, -0.2) is 55.6 Å². The van der Waals surface area contributed by atoms with Gasteiger partial charge >= 0.3 is 6.09 Å². The van der Waals surface area contributed by atoms with E-state index in [9.17, 15) is 4.79 Å². The van der Waals surface area contributed by atoms with Crippen molar-refractivity contribution in [3.63, 3.8) is 0 Å². The molecule has 10 nitrogen and oxygen atoms in total. The number of carbonyl (C=O) groups excluding carboxylic acids is 1. The lowest BCUT2D eigenvalue weighted by molar-refractivity contribution is -0.0532. The molecule has 0 radical (unpaired) electrons. The molecule has 2 bridgehead atoms. The number of H-pyrrole nitrogens is 1. The van der Waals surface area contributed by atoms with Crippen LogP contribution in [0.2, 0.25) is 5.15 Å². The van der Waals surface area contributed by atoms with Gasteiger partial charge in [-0.25, -0.2) is 19.2 Å². The summed E-state index contributed by atoms with van der Waals surface area (Å²) in [5, 5.41) is 13.5. The predicted octanol–water partition coefficient (Wildman–Crippen LogP) is 3.86. The Hall–Kier alpha value is -2.92. The topological polar surface area (TPSA) is 118 Å². The second-order valence-electron chi connectivity index (χ2n) is 9.59. The normalized spacial score (nSPS) is 29.5. The molecule has 1 amide bonds. The summed E-state index contributed by atoms with van der Waals surface area (Å²) in [5.41, 5.74) is 1.88. The highest BCUT2D eigenvalue weighted by atomic mass is 35.5. The smallest absolute Gasteiger partial charge is 0.407 e. The molecule has 4 saturated carbocycles. The Morgan fingerprint density at radius 3 is 2.88 bits per heavy atom. The number of halogens is 2. The molecule has 34 heavy (non-hydrogen) atoms. The zero-order valence-corrected chi connectivity index (χ0v) is 19.3. The number of methoxy groups -OCH3 is 1. The van der Waals surface area contributed by atoms with Gasteiger partial charge in [-0.3, -0.25) is 9.50 Å². The minimum absolute atomic E-state index is 0.0884. The number of rotatable bonds is 7. The third-order valence-corrected chi connectivity index (χ3v) is 7.36. The zero-order chi connectivity index (χ0) is 23.4. The van der Waals surface area contributed by atoms with Crippen molar-refractivity contribution in [1.82, 2.24) is 29.9 Å². The van der Waals surface area contributed by atoms with Gasteiger partial charge in [-0.05, 0) is 38.0 Å². The third-order valence-electron chi connectivity index (χ3n) is 7.17. The molecule has 3 aromatic rings. The minimum atomic E-state index is -1.31. The third kappa shape index (κ3) is 3.76. The SMILES string of the molecule is COCc1cn2c(Nc3cc([C@@H]4CC[C@H](OC(=O)NC56CC(C5)C6)[C@H]4F)[nH]n3)nc(Cl)cc2n1. The molecule has 7 rings (SSSR count). The number of aromatic nitrogens is 5. The standard InChI is InChI=1S/C22H25ClFN7O3/c1-33-10-12-9-31-18(25-12)5-16(23)26-20(31)27-17-4-14(29-30-17)13-2-3-15(19(13)24)34-21(32)28-22-6-11(7-22)8-22/h4-5,9,11,13,15,19H,2-3,6-8,10H2,1H3,(H,28,32)(H2,26,27,29,30)/t11?,13-,15-,19-,22?/m0/s1. The molecule has 0 spiro atoms. The highest BCUT2D eigenvalue weighted by molar-refractivity contribution is 6.29. The van der Waals surface area contributed by atoms with Crippen LogP contribution in [0.4, 0.5) is 21.0 Å². The molecule has 0 saturated heterocycles. The number of fused-ring (bicyclic) bond motifs is 1. The van der Waals surface area contributed by atoms with Gasteiger partial charge < -0.3 is 20.1 Å². The molecular weight excluding hydrogens is 465 g/mol. The first-order chi connectivity index (χ1) is 16.4. The number of imidazole rings is 1. The maximum atomic E-state index is 15.2. The van der Waals surface area contributed by atoms with Gasteiger partial charge in [-0.15, -0.1) is 0 Å². The van der Waals surface area contributed by atoms with E-state index in [1.807, 2.05) is 0 Å². The fourth-order valence-electron chi connectivity index (χ4n) is 5.41. The number of amides is 1. The van der Waals surface area contributed by atoms with Crippen molar-refractivity contribution in [2.24, 2.45) is 5.92 Å². The van der Waals surface area contributed by atoms with Crippen LogP contribution in [-0.2, 0) is 16.1 Å². The summed E-state index contributed by atoms with van der Waals surface area (Å²) >= 11 is 6.16. The summed E-state index contributed by atoms with van der Waals surface area (Å²) < 4.78 is 27.5. The quantitative estimate of drug-likeness (QED) is 0.431. The summed E-state index contributed by atoms with van der Waals surface area (Å²) in [6.45, 7) is 0.355. The maximum Gasteiger partial charge on any atom is 0.407 e. The summed E-state index contributed by atoms with van der Waals surface area (Å²) in [6, 6.07) is 3.39. The molecule has 0 aliphatic heterocycles.